The molecule has 0 radical (unpaired) electrons. The summed E-state index contributed by atoms with van der Waals surface area (Å²) >= 11 is 2.56. The number of nitrogens with one attached hydrogen (secondary N) is 1. The third kappa shape index (κ3) is 3.61. The lowest BCUT2D eigenvalue weighted by Crippen LogP contribution is -2.37. The Balaban J connectivity index is 1.39. The molecule has 2 aromatic carbocycles. The highest BCUT2D eigenvalue weighted by Gasteiger charge is 2.35. The van der Waals surface area contributed by atoms with Gasteiger partial charge >= 0.3 is 0 Å². The Morgan fingerprint density at radius 3 is 2.57 bits per heavy atom. The van der Waals surface area contributed by atoms with Crippen LogP contribution in [0.1, 0.15) is 5.56 Å². The van der Waals surface area contributed by atoms with Crippen molar-refractivity contribution in [3.8, 4) is 10.7 Å². The van der Waals surface area contributed by atoms with Crippen LogP contribution in [0.3, 0.4) is 0 Å². The molecule has 35 heavy (non-hydrogen) atoms. The molecule has 11 heteroatoms. The zero-order valence-corrected chi connectivity index (χ0v) is 19.4. The van der Waals surface area contributed by atoms with Crippen molar-refractivity contribution >= 4 is 56.4 Å². The number of aromatic nitrogens is 3. The van der Waals surface area contributed by atoms with Crippen LogP contribution >= 0.6 is 22.7 Å². The maximum absolute atomic E-state index is 13.5. The molecular weight excluding hydrogens is 489 g/mol. The van der Waals surface area contributed by atoms with E-state index >= 15 is 0 Å². The number of benzene rings is 2. The predicted octanol–water partition coefficient (Wildman–Crippen LogP) is 2.92. The third-order valence-corrected chi connectivity index (χ3v) is 7.37. The van der Waals surface area contributed by atoms with E-state index in [0.717, 1.165) is 16.2 Å². The minimum Gasteiger partial charge on any atom is -0.325 e. The fourth-order valence-corrected chi connectivity index (χ4v) is 5.58. The van der Waals surface area contributed by atoms with Crippen LogP contribution in [0.15, 0.2) is 70.8 Å². The van der Waals surface area contributed by atoms with Gasteiger partial charge in [-0.2, -0.15) is 9.50 Å². The van der Waals surface area contributed by atoms with Crippen molar-refractivity contribution in [1.29, 1.82) is 0 Å². The van der Waals surface area contributed by atoms with E-state index < -0.39 is 23.2 Å². The van der Waals surface area contributed by atoms with E-state index in [2.05, 4.69) is 15.4 Å². The van der Waals surface area contributed by atoms with Gasteiger partial charge in [0.15, 0.2) is 5.82 Å². The number of fused-ring (bicyclic) bond motifs is 2. The normalized spacial score (nSPS) is 14.5. The summed E-state index contributed by atoms with van der Waals surface area (Å²) in [7, 11) is 0. The highest BCUT2D eigenvalue weighted by atomic mass is 32.1. The molecule has 6 rings (SSSR count). The van der Waals surface area contributed by atoms with Gasteiger partial charge in [-0.15, -0.1) is 16.4 Å². The quantitative estimate of drug-likeness (QED) is 0.407. The molecule has 0 aliphatic carbocycles. The van der Waals surface area contributed by atoms with Crippen LogP contribution in [0.2, 0.25) is 0 Å². The average molecular weight is 504 g/mol. The number of carbonyl (C=O) groups excluding carboxylic acids is 2. The number of hydrogen-bond acceptors (Lipinski definition) is 7. The molecule has 0 saturated heterocycles. The number of thiazole rings is 1. The fourth-order valence-electron chi connectivity index (χ4n) is 3.93. The number of para-hydroxylation sites is 1. The molecule has 0 fully saturated rings. The first kappa shape index (κ1) is 21.3. The number of carbonyl (C=O) groups is 2. The Labute approximate surface area is 204 Å². The van der Waals surface area contributed by atoms with Gasteiger partial charge in [0.2, 0.25) is 10.9 Å². The predicted molar refractivity (Wildman–Crippen MR) is 132 cm³/mol. The molecular formula is C24H14FN5O3S2. The first-order valence-electron chi connectivity index (χ1n) is 10.4. The summed E-state index contributed by atoms with van der Waals surface area (Å²) in [5.74, 6) is -0.872. The van der Waals surface area contributed by atoms with E-state index in [1.54, 1.807) is 24.3 Å². The molecule has 5 aromatic rings. The van der Waals surface area contributed by atoms with E-state index in [9.17, 15) is 18.8 Å². The van der Waals surface area contributed by atoms with E-state index in [1.807, 2.05) is 17.5 Å². The van der Waals surface area contributed by atoms with E-state index in [-0.39, 0.29) is 16.7 Å². The van der Waals surface area contributed by atoms with Crippen molar-refractivity contribution in [3.63, 3.8) is 0 Å². The third-order valence-electron chi connectivity index (χ3n) is 5.48. The maximum Gasteiger partial charge on any atom is 0.291 e. The lowest BCUT2D eigenvalue weighted by atomic mass is 10.1. The van der Waals surface area contributed by atoms with Crippen LogP contribution in [-0.2, 0) is 9.59 Å². The summed E-state index contributed by atoms with van der Waals surface area (Å²) in [6, 6.07) is 16.1. The number of nitrogens with zero attached hydrogens (tertiary/aromatic N) is 4. The van der Waals surface area contributed by atoms with Crippen molar-refractivity contribution < 1.29 is 14.0 Å². The van der Waals surface area contributed by atoms with Crippen LogP contribution in [0.25, 0.3) is 21.2 Å². The number of rotatable bonds is 4. The standard InChI is InChI=1S/C24H14FN5O3S2/c25-13-7-9-14(10-8-13)26-18(31)12-29-16-5-2-1-4-15(16)19(22(29)32)20-23(33)30-24(35-20)27-21(28-30)17-6-3-11-34-17/h1-11H,12H2,(H,26,31). The van der Waals surface area contributed by atoms with E-state index in [0.29, 0.717) is 27.7 Å². The molecule has 1 aliphatic rings. The summed E-state index contributed by atoms with van der Waals surface area (Å²) in [4.78, 5) is 46.4. The van der Waals surface area contributed by atoms with Gasteiger partial charge in [0.05, 0.1) is 16.1 Å². The molecule has 0 bridgehead atoms. The second kappa shape index (κ2) is 8.22. The summed E-state index contributed by atoms with van der Waals surface area (Å²) in [5.41, 5.74) is 1.28. The highest BCUT2D eigenvalue weighted by Crippen LogP contribution is 2.35. The van der Waals surface area contributed by atoms with Gasteiger partial charge in [0.25, 0.3) is 11.5 Å². The Morgan fingerprint density at radius 1 is 1.03 bits per heavy atom. The monoisotopic (exact) mass is 503 g/mol. The largest absolute Gasteiger partial charge is 0.325 e. The number of halogens is 1. The van der Waals surface area contributed by atoms with Crippen molar-refractivity contribution in [3.05, 3.63) is 92.3 Å². The molecule has 1 aliphatic heterocycles. The molecule has 0 unspecified atom stereocenters. The molecule has 1 N–H and O–H groups in total. The average Bonchev–Trinajstić information content (AvgIpc) is 3.62. The molecule has 0 saturated carbocycles. The second-order valence-electron chi connectivity index (χ2n) is 7.68. The van der Waals surface area contributed by atoms with Crippen LogP contribution in [0.5, 0.6) is 0 Å². The van der Waals surface area contributed by atoms with E-state index in [4.69, 9.17) is 0 Å². The van der Waals surface area contributed by atoms with Gasteiger partial charge in [0.1, 0.15) is 16.9 Å². The van der Waals surface area contributed by atoms with Gasteiger partial charge < -0.3 is 5.32 Å². The van der Waals surface area contributed by atoms with Crippen LogP contribution in [0, 0.1) is 5.82 Å². The Hall–Kier alpha value is -4.22. The Kier molecular flexibility index (Phi) is 5.01. The van der Waals surface area contributed by atoms with E-state index in [1.165, 1.54) is 45.0 Å². The highest BCUT2D eigenvalue weighted by molar-refractivity contribution is 7.15. The second-order valence-corrected chi connectivity index (χ2v) is 9.61. The van der Waals surface area contributed by atoms with Gasteiger partial charge in [0, 0.05) is 11.3 Å². The molecule has 3 aromatic heterocycles. The number of anilines is 2. The minimum atomic E-state index is -0.458. The lowest BCUT2D eigenvalue weighted by molar-refractivity contribution is -0.118. The number of amides is 2. The van der Waals surface area contributed by atoms with Crippen LogP contribution in [0.4, 0.5) is 15.8 Å². The smallest absolute Gasteiger partial charge is 0.291 e. The maximum atomic E-state index is 13.5. The summed E-state index contributed by atoms with van der Waals surface area (Å²) in [6.45, 7) is -0.270. The Bertz CT molecular complexity index is 1730. The first-order valence-corrected chi connectivity index (χ1v) is 12.1. The zero-order chi connectivity index (χ0) is 24.1. The van der Waals surface area contributed by atoms with Crippen molar-refractivity contribution in [1.82, 2.24) is 14.6 Å². The number of hydrogen-bond donors (Lipinski definition) is 1. The minimum absolute atomic E-state index is 0.218. The SMILES string of the molecule is O=C(CN1C(=O)C(=c2sc3nc(-c4cccs4)nn3c2=O)c2ccccc21)Nc1ccc(F)cc1. The summed E-state index contributed by atoms with van der Waals surface area (Å²) < 4.78 is 14.6. The van der Waals surface area contributed by atoms with Crippen molar-refractivity contribution in [2.24, 2.45) is 0 Å². The summed E-state index contributed by atoms with van der Waals surface area (Å²) in [6.07, 6.45) is 0. The molecule has 172 valence electrons. The molecule has 4 heterocycles. The molecule has 0 spiro atoms. The van der Waals surface area contributed by atoms with Crippen molar-refractivity contribution in [2.45, 2.75) is 0 Å². The van der Waals surface area contributed by atoms with Crippen molar-refractivity contribution in [2.75, 3.05) is 16.8 Å². The topological polar surface area (TPSA) is 96.7 Å². The van der Waals surface area contributed by atoms with Gasteiger partial charge in [-0.25, -0.2) is 4.39 Å². The number of thiophene rings is 1. The van der Waals surface area contributed by atoms with Gasteiger partial charge in [-0.3, -0.25) is 19.3 Å². The van der Waals surface area contributed by atoms with Gasteiger partial charge in [-0.05, 0) is 41.8 Å². The molecule has 2 amide bonds. The van der Waals surface area contributed by atoms with Gasteiger partial charge in [-0.1, -0.05) is 35.6 Å². The van der Waals surface area contributed by atoms with Crippen LogP contribution in [-0.4, -0.2) is 33.0 Å². The molecule has 8 nitrogen and oxygen atoms in total. The lowest BCUT2D eigenvalue weighted by Gasteiger charge is -2.16. The summed E-state index contributed by atoms with van der Waals surface area (Å²) in [5, 5.41) is 8.89. The fraction of sp³-hybridized carbons (Fsp3) is 0.0417. The zero-order valence-electron chi connectivity index (χ0n) is 17.8. The first-order chi connectivity index (χ1) is 17.0. The Morgan fingerprint density at radius 2 is 1.83 bits per heavy atom. The molecule has 0 atom stereocenters. The van der Waals surface area contributed by atoms with Crippen LogP contribution < -0.4 is 20.3 Å².